The number of hydrogen-bond donors (Lipinski definition) is 2. The molecule has 0 spiro atoms. The molecule has 0 bridgehead atoms. The molecule has 4 rings (SSSR count). The molecule has 1 atom stereocenters. The first-order chi connectivity index (χ1) is 13.6. The van der Waals surface area contributed by atoms with Crippen molar-refractivity contribution in [3.63, 3.8) is 0 Å². The summed E-state index contributed by atoms with van der Waals surface area (Å²) in [6, 6.07) is 16.5. The summed E-state index contributed by atoms with van der Waals surface area (Å²) in [7, 11) is 1.93. The summed E-state index contributed by atoms with van der Waals surface area (Å²) >= 11 is 0. The van der Waals surface area contributed by atoms with Crippen LogP contribution < -0.4 is 5.32 Å². The summed E-state index contributed by atoms with van der Waals surface area (Å²) in [5.41, 5.74) is 4.16. The second kappa shape index (κ2) is 7.91. The van der Waals surface area contributed by atoms with Gasteiger partial charge in [0.2, 0.25) is 0 Å². The van der Waals surface area contributed by atoms with Gasteiger partial charge < -0.3 is 19.9 Å². The number of nitrogens with one attached hydrogen (secondary N) is 1. The van der Waals surface area contributed by atoms with Gasteiger partial charge in [0.1, 0.15) is 6.61 Å². The first kappa shape index (κ1) is 18.9. The number of morpholine rings is 1. The SMILES string of the molecule is CN1CCOCC1(CO)CNC(=O)OCC1c2ccccc2-c2ccccc21. The second-order valence-corrected chi connectivity index (χ2v) is 7.54. The zero-order chi connectivity index (χ0) is 19.6. The molecule has 1 aliphatic heterocycles. The fraction of sp³-hybridized carbons (Fsp3) is 0.409. The van der Waals surface area contributed by atoms with Crippen LogP contribution in [0.1, 0.15) is 17.0 Å². The topological polar surface area (TPSA) is 71.0 Å². The summed E-state index contributed by atoms with van der Waals surface area (Å²) < 4.78 is 11.1. The standard InChI is InChI=1S/C22H26N2O4/c1-24-10-11-27-15-22(24,14-25)13-23-21(26)28-12-20-18-8-4-2-6-16(18)17-7-3-5-9-19(17)20/h2-9,20,25H,10-15H2,1H3,(H,23,26). The molecule has 28 heavy (non-hydrogen) atoms. The van der Waals surface area contributed by atoms with E-state index in [-0.39, 0.29) is 25.7 Å². The molecule has 6 heteroatoms. The van der Waals surface area contributed by atoms with Crippen molar-refractivity contribution in [2.24, 2.45) is 0 Å². The molecule has 1 fully saturated rings. The average molecular weight is 382 g/mol. The number of hydrogen-bond acceptors (Lipinski definition) is 5. The Morgan fingerprint density at radius 2 is 1.86 bits per heavy atom. The van der Waals surface area contributed by atoms with E-state index in [0.29, 0.717) is 19.8 Å². The van der Waals surface area contributed by atoms with Crippen LogP contribution in [0, 0.1) is 0 Å². The van der Waals surface area contributed by atoms with Crippen LogP contribution in [-0.4, -0.2) is 68.2 Å². The molecule has 2 aliphatic rings. The normalized spacial score (nSPS) is 21.8. The Bertz CT molecular complexity index is 810. The molecule has 0 saturated carbocycles. The molecule has 2 N–H and O–H groups in total. The number of rotatable bonds is 5. The Labute approximate surface area is 165 Å². The number of amides is 1. The van der Waals surface area contributed by atoms with Gasteiger partial charge in [-0.2, -0.15) is 0 Å². The van der Waals surface area contributed by atoms with Gasteiger partial charge in [-0.15, -0.1) is 0 Å². The fourth-order valence-corrected chi connectivity index (χ4v) is 4.11. The summed E-state index contributed by atoms with van der Waals surface area (Å²) in [6.45, 7) is 2.18. The molecule has 0 radical (unpaired) electrons. The molecule has 6 nitrogen and oxygen atoms in total. The summed E-state index contributed by atoms with van der Waals surface area (Å²) in [4.78, 5) is 14.4. The zero-order valence-corrected chi connectivity index (χ0v) is 16.1. The van der Waals surface area contributed by atoms with Crippen LogP contribution in [0.2, 0.25) is 0 Å². The van der Waals surface area contributed by atoms with Gasteiger partial charge in [0, 0.05) is 19.0 Å². The van der Waals surface area contributed by atoms with Crippen molar-refractivity contribution in [2.45, 2.75) is 11.5 Å². The van der Waals surface area contributed by atoms with Crippen LogP contribution in [0.4, 0.5) is 4.79 Å². The molecule has 1 aliphatic carbocycles. The zero-order valence-electron chi connectivity index (χ0n) is 16.1. The Morgan fingerprint density at radius 1 is 1.21 bits per heavy atom. The molecule has 1 saturated heterocycles. The van der Waals surface area contributed by atoms with Crippen molar-refractivity contribution in [2.75, 3.05) is 46.6 Å². The Hall–Kier alpha value is -2.41. The molecule has 2 aromatic rings. The predicted molar refractivity (Wildman–Crippen MR) is 106 cm³/mol. The number of ether oxygens (including phenoxy) is 2. The minimum absolute atomic E-state index is 0.0330. The number of aliphatic hydroxyl groups excluding tert-OH is 1. The number of likely N-dealkylation sites (N-methyl/N-ethyl adjacent to an activating group) is 1. The Kier molecular flexibility index (Phi) is 5.35. The number of carbonyl (C=O) groups excluding carboxylic acids is 1. The monoisotopic (exact) mass is 382 g/mol. The molecule has 148 valence electrons. The highest BCUT2D eigenvalue weighted by Crippen LogP contribution is 2.44. The van der Waals surface area contributed by atoms with E-state index in [2.05, 4.69) is 29.6 Å². The van der Waals surface area contributed by atoms with Crippen molar-refractivity contribution in [3.8, 4) is 11.1 Å². The van der Waals surface area contributed by atoms with E-state index < -0.39 is 11.6 Å². The first-order valence-corrected chi connectivity index (χ1v) is 9.63. The third kappa shape index (κ3) is 3.39. The lowest BCUT2D eigenvalue weighted by molar-refractivity contribution is -0.0777. The van der Waals surface area contributed by atoms with Gasteiger partial charge in [-0.05, 0) is 29.3 Å². The van der Waals surface area contributed by atoms with Crippen molar-refractivity contribution >= 4 is 6.09 Å². The lowest BCUT2D eigenvalue weighted by atomic mass is 9.98. The highest BCUT2D eigenvalue weighted by atomic mass is 16.5. The van der Waals surface area contributed by atoms with E-state index in [9.17, 15) is 9.90 Å². The molecular weight excluding hydrogens is 356 g/mol. The number of carbonyl (C=O) groups is 1. The third-order valence-corrected chi connectivity index (χ3v) is 5.95. The van der Waals surface area contributed by atoms with Crippen LogP contribution in [0.15, 0.2) is 48.5 Å². The van der Waals surface area contributed by atoms with E-state index >= 15 is 0 Å². The molecular formula is C22H26N2O4. The highest BCUT2D eigenvalue weighted by molar-refractivity contribution is 5.79. The average Bonchev–Trinajstić information content (AvgIpc) is 3.06. The van der Waals surface area contributed by atoms with E-state index in [1.54, 1.807) is 0 Å². The van der Waals surface area contributed by atoms with Crippen molar-refractivity contribution in [1.82, 2.24) is 10.2 Å². The van der Waals surface area contributed by atoms with Crippen molar-refractivity contribution < 1.29 is 19.4 Å². The maximum atomic E-state index is 12.4. The highest BCUT2D eigenvalue weighted by Gasteiger charge is 2.38. The Balaban J connectivity index is 1.40. The minimum atomic E-state index is -0.607. The van der Waals surface area contributed by atoms with E-state index in [0.717, 1.165) is 0 Å². The second-order valence-electron chi connectivity index (χ2n) is 7.54. The molecule has 2 aromatic carbocycles. The van der Waals surface area contributed by atoms with Gasteiger partial charge in [0.05, 0.1) is 25.4 Å². The number of benzene rings is 2. The predicted octanol–water partition coefficient (Wildman–Crippen LogP) is 2.22. The quantitative estimate of drug-likeness (QED) is 0.830. The smallest absolute Gasteiger partial charge is 0.407 e. The van der Waals surface area contributed by atoms with Gasteiger partial charge in [-0.1, -0.05) is 48.5 Å². The van der Waals surface area contributed by atoms with E-state index in [1.807, 2.05) is 36.2 Å². The van der Waals surface area contributed by atoms with Gasteiger partial charge in [0.25, 0.3) is 0 Å². The molecule has 0 aromatic heterocycles. The largest absolute Gasteiger partial charge is 0.449 e. The van der Waals surface area contributed by atoms with E-state index in [4.69, 9.17) is 9.47 Å². The number of fused-ring (bicyclic) bond motifs is 3. The van der Waals surface area contributed by atoms with Gasteiger partial charge >= 0.3 is 6.09 Å². The molecule has 1 amide bonds. The van der Waals surface area contributed by atoms with Crippen LogP contribution in [0.25, 0.3) is 11.1 Å². The Morgan fingerprint density at radius 3 is 2.46 bits per heavy atom. The summed E-state index contributed by atoms with van der Waals surface area (Å²) in [5.74, 6) is 0.0330. The van der Waals surface area contributed by atoms with Gasteiger partial charge in [-0.3, -0.25) is 4.90 Å². The first-order valence-electron chi connectivity index (χ1n) is 9.63. The van der Waals surface area contributed by atoms with Crippen LogP contribution in [0.5, 0.6) is 0 Å². The number of nitrogens with zero attached hydrogens (tertiary/aromatic N) is 1. The summed E-state index contributed by atoms with van der Waals surface area (Å²) in [6.07, 6.45) is -0.478. The van der Waals surface area contributed by atoms with Crippen molar-refractivity contribution in [1.29, 1.82) is 0 Å². The number of alkyl carbamates (subject to hydrolysis) is 1. The van der Waals surface area contributed by atoms with Crippen LogP contribution in [-0.2, 0) is 9.47 Å². The lowest BCUT2D eigenvalue weighted by Crippen LogP contribution is -2.63. The van der Waals surface area contributed by atoms with Crippen molar-refractivity contribution in [3.05, 3.63) is 59.7 Å². The van der Waals surface area contributed by atoms with Gasteiger partial charge in [-0.25, -0.2) is 4.79 Å². The van der Waals surface area contributed by atoms with Crippen LogP contribution >= 0.6 is 0 Å². The van der Waals surface area contributed by atoms with E-state index in [1.165, 1.54) is 22.3 Å². The lowest BCUT2D eigenvalue weighted by Gasteiger charge is -2.43. The third-order valence-electron chi connectivity index (χ3n) is 5.95. The van der Waals surface area contributed by atoms with Gasteiger partial charge in [0.15, 0.2) is 0 Å². The van der Waals surface area contributed by atoms with Crippen LogP contribution in [0.3, 0.4) is 0 Å². The number of aliphatic hydroxyl groups is 1. The molecule has 1 heterocycles. The maximum Gasteiger partial charge on any atom is 0.407 e. The summed E-state index contributed by atoms with van der Waals surface area (Å²) in [5, 5.41) is 12.6. The molecule has 1 unspecified atom stereocenters. The fourth-order valence-electron chi connectivity index (χ4n) is 4.11. The maximum absolute atomic E-state index is 12.4. The minimum Gasteiger partial charge on any atom is -0.449 e.